The second-order valence-corrected chi connectivity index (χ2v) is 9.07. The van der Waals surface area contributed by atoms with E-state index in [0.29, 0.717) is 17.0 Å². The van der Waals surface area contributed by atoms with Gasteiger partial charge in [-0.15, -0.1) is 21.5 Å². The number of aromatic amines is 1. The highest BCUT2D eigenvalue weighted by molar-refractivity contribution is 7.98. The van der Waals surface area contributed by atoms with Crippen molar-refractivity contribution in [1.29, 1.82) is 0 Å². The summed E-state index contributed by atoms with van der Waals surface area (Å²) in [5.74, 6) is 1.12. The Hall–Kier alpha value is -3.23. The number of nitrogens with zero attached hydrogens (tertiary/aromatic N) is 4. The first-order valence-electron chi connectivity index (χ1n) is 9.76. The SMILES string of the molecule is Cc1ccc(-n2cnnc2SCc2nc3scc(-c4ccccc4)c3c(=O)[nH]2)c(C)c1. The summed E-state index contributed by atoms with van der Waals surface area (Å²) in [6.45, 7) is 4.15. The monoisotopic (exact) mass is 445 g/mol. The fourth-order valence-corrected chi connectivity index (χ4v) is 5.35. The molecule has 0 aliphatic heterocycles. The minimum absolute atomic E-state index is 0.114. The maximum absolute atomic E-state index is 12.8. The van der Waals surface area contributed by atoms with Crippen LogP contribution in [0.5, 0.6) is 0 Å². The first-order valence-corrected chi connectivity index (χ1v) is 11.6. The highest BCUT2D eigenvalue weighted by Crippen LogP contribution is 2.31. The van der Waals surface area contributed by atoms with Crippen molar-refractivity contribution in [2.75, 3.05) is 0 Å². The van der Waals surface area contributed by atoms with Crippen LogP contribution in [0.25, 0.3) is 27.0 Å². The Morgan fingerprint density at radius 2 is 1.97 bits per heavy atom. The number of aryl methyl sites for hydroxylation is 2. The highest BCUT2D eigenvalue weighted by atomic mass is 32.2. The molecule has 0 atom stereocenters. The summed E-state index contributed by atoms with van der Waals surface area (Å²) in [6.07, 6.45) is 1.71. The fourth-order valence-electron chi connectivity index (χ4n) is 3.59. The molecule has 0 bridgehead atoms. The normalized spacial score (nSPS) is 11.3. The molecule has 0 amide bonds. The molecular weight excluding hydrogens is 426 g/mol. The van der Waals surface area contributed by atoms with Gasteiger partial charge in [-0.25, -0.2) is 4.98 Å². The lowest BCUT2D eigenvalue weighted by Gasteiger charge is -2.10. The van der Waals surface area contributed by atoms with Crippen molar-refractivity contribution in [3.05, 3.63) is 87.5 Å². The Bertz CT molecular complexity index is 1440. The molecule has 0 radical (unpaired) electrons. The predicted octanol–water partition coefficient (Wildman–Crippen LogP) is 5.14. The molecule has 0 aliphatic rings. The molecule has 154 valence electrons. The molecular formula is C23H19N5OS2. The van der Waals surface area contributed by atoms with E-state index in [2.05, 4.69) is 47.2 Å². The van der Waals surface area contributed by atoms with E-state index >= 15 is 0 Å². The van der Waals surface area contributed by atoms with E-state index < -0.39 is 0 Å². The van der Waals surface area contributed by atoms with Gasteiger partial charge in [0.2, 0.25) is 0 Å². The van der Waals surface area contributed by atoms with Crippen molar-refractivity contribution in [3.63, 3.8) is 0 Å². The summed E-state index contributed by atoms with van der Waals surface area (Å²) in [7, 11) is 0. The largest absolute Gasteiger partial charge is 0.309 e. The van der Waals surface area contributed by atoms with E-state index in [4.69, 9.17) is 4.98 Å². The molecule has 31 heavy (non-hydrogen) atoms. The quantitative estimate of drug-likeness (QED) is 0.379. The topological polar surface area (TPSA) is 76.5 Å². The summed E-state index contributed by atoms with van der Waals surface area (Å²) in [6, 6.07) is 16.2. The molecule has 3 aromatic heterocycles. The third kappa shape index (κ3) is 3.80. The van der Waals surface area contributed by atoms with Gasteiger partial charge in [0.1, 0.15) is 17.0 Å². The average molecular weight is 446 g/mol. The van der Waals surface area contributed by atoms with Gasteiger partial charge in [0.15, 0.2) is 5.16 Å². The predicted molar refractivity (Wildman–Crippen MR) is 126 cm³/mol. The van der Waals surface area contributed by atoms with E-state index in [1.165, 1.54) is 28.7 Å². The minimum Gasteiger partial charge on any atom is -0.309 e. The van der Waals surface area contributed by atoms with E-state index in [0.717, 1.165) is 32.4 Å². The van der Waals surface area contributed by atoms with Crippen LogP contribution in [0.4, 0.5) is 0 Å². The van der Waals surface area contributed by atoms with Crippen LogP contribution in [0.2, 0.25) is 0 Å². The number of rotatable bonds is 5. The van der Waals surface area contributed by atoms with Crippen molar-refractivity contribution in [2.45, 2.75) is 24.8 Å². The fraction of sp³-hybridized carbons (Fsp3) is 0.130. The molecule has 0 spiro atoms. The van der Waals surface area contributed by atoms with Crippen molar-refractivity contribution < 1.29 is 0 Å². The number of thiophene rings is 1. The molecule has 8 heteroatoms. The summed E-state index contributed by atoms with van der Waals surface area (Å²) in [5, 5.41) is 11.7. The Morgan fingerprint density at radius 3 is 2.77 bits per heavy atom. The molecule has 0 aliphatic carbocycles. The number of fused-ring (bicyclic) bond motifs is 1. The highest BCUT2D eigenvalue weighted by Gasteiger charge is 2.14. The molecule has 0 saturated carbocycles. The van der Waals surface area contributed by atoms with Crippen LogP contribution >= 0.6 is 23.1 Å². The molecule has 1 N–H and O–H groups in total. The van der Waals surface area contributed by atoms with Crippen LogP contribution < -0.4 is 5.56 Å². The number of nitrogens with one attached hydrogen (secondary N) is 1. The van der Waals surface area contributed by atoms with E-state index in [1.807, 2.05) is 40.3 Å². The molecule has 6 nitrogen and oxygen atoms in total. The maximum Gasteiger partial charge on any atom is 0.260 e. The van der Waals surface area contributed by atoms with Gasteiger partial charge in [-0.05, 0) is 31.0 Å². The lowest BCUT2D eigenvalue weighted by molar-refractivity contribution is 0.875. The van der Waals surface area contributed by atoms with E-state index in [1.54, 1.807) is 6.33 Å². The Kier molecular flexibility index (Phi) is 5.17. The lowest BCUT2D eigenvalue weighted by atomic mass is 10.1. The number of thioether (sulfide) groups is 1. The van der Waals surface area contributed by atoms with Crippen molar-refractivity contribution in [2.24, 2.45) is 0 Å². The number of aromatic nitrogens is 5. The smallest absolute Gasteiger partial charge is 0.260 e. The summed E-state index contributed by atoms with van der Waals surface area (Å²) in [5.41, 5.74) is 5.23. The van der Waals surface area contributed by atoms with Gasteiger partial charge in [0.25, 0.3) is 5.56 Å². The molecule has 0 unspecified atom stereocenters. The molecule has 5 aromatic rings. The third-order valence-corrected chi connectivity index (χ3v) is 6.87. The van der Waals surface area contributed by atoms with Crippen LogP contribution in [-0.4, -0.2) is 24.7 Å². The zero-order chi connectivity index (χ0) is 21.4. The summed E-state index contributed by atoms with van der Waals surface area (Å²) < 4.78 is 1.97. The third-order valence-electron chi connectivity index (χ3n) is 5.04. The van der Waals surface area contributed by atoms with Crippen molar-refractivity contribution in [3.8, 4) is 16.8 Å². The molecule has 0 fully saturated rings. The number of hydrogen-bond acceptors (Lipinski definition) is 6. The zero-order valence-corrected chi connectivity index (χ0v) is 18.6. The Labute approximate surface area is 187 Å². The van der Waals surface area contributed by atoms with Crippen LogP contribution in [0.3, 0.4) is 0 Å². The Balaban J connectivity index is 1.43. The first-order chi connectivity index (χ1) is 15.1. The standard InChI is InChI=1S/C23H19N5OS2/c1-14-8-9-18(15(2)10-14)28-13-24-27-23(28)31-12-19-25-21(29)20-17(11-30-22(20)26-19)16-6-4-3-5-7-16/h3-11,13H,12H2,1-2H3,(H,25,26,29). The van der Waals surface area contributed by atoms with Gasteiger partial charge in [-0.2, -0.15) is 0 Å². The first kappa shape index (κ1) is 19.7. The van der Waals surface area contributed by atoms with Crippen LogP contribution in [0.1, 0.15) is 17.0 Å². The van der Waals surface area contributed by atoms with Crippen LogP contribution in [-0.2, 0) is 5.75 Å². The van der Waals surface area contributed by atoms with Gasteiger partial charge in [-0.1, -0.05) is 59.8 Å². The van der Waals surface area contributed by atoms with Gasteiger partial charge in [0, 0.05) is 10.9 Å². The van der Waals surface area contributed by atoms with Gasteiger partial charge in [0.05, 0.1) is 16.8 Å². The molecule has 5 rings (SSSR count). The molecule has 0 saturated heterocycles. The van der Waals surface area contributed by atoms with E-state index in [-0.39, 0.29) is 5.56 Å². The lowest BCUT2D eigenvalue weighted by Crippen LogP contribution is -2.11. The van der Waals surface area contributed by atoms with Crippen LogP contribution in [0.15, 0.2) is 70.2 Å². The second-order valence-electron chi connectivity index (χ2n) is 7.27. The van der Waals surface area contributed by atoms with Gasteiger partial charge >= 0.3 is 0 Å². The molecule has 3 heterocycles. The number of H-pyrrole nitrogens is 1. The summed E-state index contributed by atoms with van der Waals surface area (Å²) in [4.78, 5) is 21.2. The van der Waals surface area contributed by atoms with E-state index in [9.17, 15) is 4.79 Å². The maximum atomic E-state index is 12.8. The number of benzene rings is 2. The van der Waals surface area contributed by atoms with Crippen molar-refractivity contribution in [1.82, 2.24) is 24.7 Å². The van der Waals surface area contributed by atoms with Crippen molar-refractivity contribution >= 4 is 33.3 Å². The zero-order valence-electron chi connectivity index (χ0n) is 17.0. The average Bonchev–Trinajstić information content (AvgIpc) is 3.40. The molecule has 2 aromatic carbocycles. The Morgan fingerprint density at radius 1 is 1.13 bits per heavy atom. The van der Waals surface area contributed by atoms with Crippen LogP contribution in [0, 0.1) is 13.8 Å². The van der Waals surface area contributed by atoms with Gasteiger partial charge in [-0.3, -0.25) is 9.36 Å². The van der Waals surface area contributed by atoms with Gasteiger partial charge < -0.3 is 4.98 Å². The summed E-state index contributed by atoms with van der Waals surface area (Å²) >= 11 is 2.99. The second kappa shape index (κ2) is 8.13. The number of hydrogen-bond donors (Lipinski definition) is 1. The minimum atomic E-state index is -0.114.